The molecule has 3 rings (SSSR count). The molecule has 0 atom stereocenters. The number of nitrogens with zero attached hydrogens (tertiary/aromatic N) is 2. The van der Waals surface area contributed by atoms with E-state index < -0.39 is 6.09 Å². The Balaban J connectivity index is 1.70. The monoisotopic (exact) mass is 353 g/mol. The molecular weight excluding hydrogens is 330 g/mol. The van der Waals surface area contributed by atoms with Crippen molar-refractivity contribution in [1.29, 1.82) is 0 Å². The van der Waals surface area contributed by atoms with Crippen molar-refractivity contribution in [2.45, 2.75) is 31.2 Å². The number of nitrogens with one attached hydrogen (secondary N) is 1. The number of hydrogen-bond donors (Lipinski definition) is 2. The summed E-state index contributed by atoms with van der Waals surface area (Å²) >= 11 is 0. The van der Waals surface area contributed by atoms with Crippen LogP contribution in [0, 0.1) is 0 Å². The van der Waals surface area contributed by atoms with E-state index in [9.17, 15) is 14.7 Å². The van der Waals surface area contributed by atoms with Gasteiger partial charge in [-0.15, -0.1) is 0 Å². The molecule has 2 amide bonds. The van der Waals surface area contributed by atoms with E-state index in [0.29, 0.717) is 38.9 Å². The number of aromatic nitrogens is 1. The quantitative estimate of drug-likeness (QED) is 0.866. The van der Waals surface area contributed by atoms with Crippen LogP contribution >= 0.6 is 0 Å². The van der Waals surface area contributed by atoms with Gasteiger partial charge < -0.3 is 15.3 Å². The Morgan fingerprint density at radius 2 is 1.77 bits per heavy atom. The van der Waals surface area contributed by atoms with Crippen molar-refractivity contribution in [2.75, 3.05) is 13.1 Å². The molecule has 2 aromatic rings. The SMILES string of the molecule is O=C(CC1(c2ccccc2)CCN(C(=O)O)CC1)NCc1ccccn1. The second kappa shape index (κ2) is 7.99. The van der Waals surface area contributed by atoms with Gasteiger partial charge in [0.25, 0.3) is 0 Å². The third-order valence-corrected chi connectivity index (χ3v) is 5.07. The smallest absolute Gasteiger partial charge is 0.407 e. The Kier molecular flexibility index (Phi) is 5.51. The minimum atomic E-state index is -0.897. The molecule has 0 bridgehead atoms. The van der Waals surface area contributed by atoms with E-state index in [0.717, 1.165) is 11.3 Å². The first kappa shape index (κ1) is 17.9. The molecule has 6 heteroatoms. The van der Waals surface area contributed by atoms with Gasteiger partial charge in [-0.25, -0.2) is 4.79 Å². The van der Waals surface area contributed by atoms with Crippen LogP contribution in [-0.4, -0.2) is 40.1 Å². The van der Waals surface area contributed by atoms with Crippen LogP contribution < -0.4 is 5.32 Å². The number of carbonyl (C=O) groups is 2. The number of pyridine rings is 1. The van der Waals surface area contributed by atoms with Crippen molar-refractivity contribution >= 4 is 12.0 Å². The van der Waals surface area contributed by atoms with Crippen LogP contribution in [-0.2, 0) is 16.8 Å². The normalized spacial score (nSPS) is 16.1. The van der Waals surface area contributed by atoms with Gasteiger partial charge in [-0.2, -0.15) is 0 Å². The van der Waals surface area contributed by atoms with Crippen molar-refractivity contribution in [3.63, 3.8) is 0 Å². The summed E-state index contributed by atoms with van der Waals surface area (Å²) in [5.41, 5.74) is 1.58. The maximum Gasteiger partial charge on any atom is 0.407 e. The third-order valence-electron chi connectivity index (χ3n) is 5.07. The number of rotatable bonds is 5. The van der Waals surface area contributed by atoms with E-state index in [1.807, 2.05) is 48.5 Å². The summed E-state index contributed by atoms with van der Waals surface area (Å²) in [5.74, 6) is -0.0386. The van der Waals surface area contributed by atoms with Crippen LogP contribution in [0.2, 0.25) is 0 Å². The zero-order chi connectivity index (χ0) is 18.4. The topological polar surface area (TPSA) is 82.5 Å². The van der Waals surface area contributed by atoms with Crippen molar-refractivity contribution in [3.8, 4) is 0 Å². The lowest BCUT2D eigenvalue weighted by Crippen LogP contribution is -2.46. The number of piperidine rings is 1. The molecule has 6 nitrogen and oxygen atoms in total. The number of amides is 2. The Morgan fingerprint density at radius 1 is 1.08 bits per heavy atom. The molecule has 136 valence electrons. The maximum atomic E-state index is 12.6. The molecule has 26 heavy (non-hydrogen) atoms. The Morgan fingerprint density at radius 3 is 2.38 bits per heavy atom. The summed E-state index contributed by atoms with van der Waals surface area (Å²) in [6.45, 7) is 1.28. The predicted molar refractivity (Wildman–Crippen MR) is 97.7 cm³/mol. The second-order valence-electron chi connectivity index (χ2n) is 6.69. The molecule has 0 unspecified atom stereocenters. The molecule has 1 aromatic heterocycles. The van der Waals surface area contributed by atoms with Crippen molar-refractivity contribution in [3.05, 3.63) is 66.0 Å². The Hall–Kier alpha value is -2.89. The van der Waals surface area contributed by atoms with E-state index in [4.69, 9.17) is 0 Å². The maximum absolute atomic E-state index is 12.6. The number of carbonyl (C=O) groups excluding carboxylic acids is 1. The van der Waals surface area contributed by atoms with Gasteiger partial charge in [0.1, 0.15) is 0 Å². The lowest BCUT2D eigenvalue weighted by Gasteiger charge is -2.41. The molecule has 2 N–H and O–H groups in total. The molecule has 0 saturated carbocycles. The molecule has 1 aliphatic heterocycles. The van der Waals surface area contributed by atoms with E-state index >= 15 is 0 Å². The number of carboxylic acid groups (broad SMARTS) is 1. The Labute approximate surface area is 152 Å². The van der Waals surface area contributed by atoms with Gasteiger partial charge in [0, 0.05) is 31.1 Å². The first-order valence-corrected chi connectivity index (χ1v) is 8.79. The van der Waals surface area contributed by atoms with Crippen LogP contribution in [0.5, 0.6) is 0 Å². The number of likely N-dealkylation sites (tertiary alicyclic amines) is 1. The minimum Gasteiger partial charge on any atom is -0.465 e. The fourth-order valence-electron chi connectivity index (χ4n) is 3.55. The molecule has 0 aliphatic carbocycles. The van der Waals surface area contributed by atoms with Gasteiger partial charge in [-0.1, -0.05) is 36.4 Å². The molecule has 1 aromatic carbocycles. The van der Waals surface area contributed by atoms with Gasteiger partial charge in [-0.3, -0.25) is 9.78 Å². The first-order chi connectivity index (χ1) is 12.6. The summed E-state index contributed by atoms with van der Waals surface area (Å²) in [4.78, 5) is 29.5. The van der Waals surface area contributed by atoms with Crippen molar-refractivity contribution in [2.24, 2.45) is 0 Å². The van der Waals surface area contributed by atoms with E-state index in [1.54, 1.807) is 6.20 Å². The number of benzene rings is 1. The first-order valence-electron chi connectivity index (χ1n) is 8.79. The van der Waals surface area contributed by atoms with Crippen LogP contribution in [0.3, 0.4) is 0 Å². The van der Waals surface area contributed by atoms with Crippen molar-refractivity contribution in [1.82, 2.24) is 15.2 Å². The summed E-state index contributed by atoms with van der Waals surface area (Å²) in [6.07, 6.45) is 2.43. The van der Waals surface area contributed by atoms with E-state index in [2.05, 4.69) is 10.3 Å². The van der Waals surface area contributed by atoms with E-state index in [1.165, 1.54) is 4.90 Å². The lowest BCUT2D eigenvalue weighted by atomic mass is 9.70. The summed E-state index contributed by atoms with van der Waals surface area (Å²) in [6, 6.07) is 15.5. The minimum absolute atomic E-state index is 0.0386. The van der Waals surface area contributed by atoms with Crippen LogP contribution in [0.25, 0.3) is 0 Å². The third kappa shape index (κ3) is 4.20. The molecule has 1 fully saturated rings. The summed E-state index contributed by atoms with van der Waals surface area (Å²) in [7, 11) is 0. The zero-order valence-corrected chi connectivity index (χ0v) is 14.6. The second-order valence-corrected chi connectivity index (χ2v) is 6.69. The van der Waals surface area contributed by atoms with Gasteiger partial charge in [0.2, 0.25) is 5.91 Å². The average Bonchev–Trinajstić information content (AvgIpc) is 2.68. The van der Waals surface area contributed by atoms with E-state index in [-0.39, 0.29) is 11.3 Å². The zero-order valence-electron chi connectivity index (χ0n) is 14.6. The van der Waals surface area contributed by atoms with Crippen LogP contribution in [0.1, 0.15) is 30.5 Å². The fraction of sp³-hybridized carbons (Fsp3) is 0.350. The summed E-state index contributed by atoms with van der Waals surface area (Å²) in [5, 5.41) is 12.2. The molecule has 1 aliphatic rings. The van der Waals surface area contributed by atoms with Gasteiger partial charge >= 0.3 is 6.09 Å². The number of hydrogen-bond acceptors (Lipinski definition) is 3. The molecule has 1 saturated heterocycles. The predicted octanol–water partition coefficient (Wildman–Crippen LogP) is 2.80. The largest absolute Gasteiger partial charge is 0.465 e. The summed E-state index contributed by atoms with van der Waals surface area (Å²) < 4.78 is 0. The highest BCUT2D eigenvalue weighted by molar-refractivity contribution is 5.77. The van der Waals surface area contributed by atoms with Crippen LogP contribution in [0.15, 0.2) is 54.7 Å². The van der Waals surface area contributed by atoms with Gasteiger partial charge in [0.05, 0.1) is 12.2 Å². The van der Waals surface area contributed by atoms with Crippen molar-refractivity contribution < 1.29 is 14.7 Å². The molecule has 0 spiro atoms. The molecular formula is C20H23N3O3. The van der Waals surface area contributed by atoms with Crippen LogP contribution in [0.4, 0.5) is 4.79 Å². The molecule has 2 heterocycles. The Bertz CT molecular complexity index is 741. The van der Waals surface area contributed by atoms with Gasteiger partial charge in [-0.05, 0) is 30.5 Å². The lowest BCUT2D eigenvalue weighted by molar-refractivity contribution is -0.123. The highest BCUT2D eigenvalue weighted by atomic mass is 16.4. The fourth-order valence-corrected chi connectivity index (χ4v) is 3.55. The standard InChI is InChI=1S/C20H23N3O3/c24-18(22-15-17-8-4-5-11-21-17)14-20(16-6-2-1-3-7-16)9-12-23(13-10-20)19(25)26/h1-8,11H,9-10,12-15H2,(H,22,24)(H,25,26). The highest BCUT2D eigenvalue weighted by Gasteiger charge is 2.39. The van der Waals surface area contributed by atoms with Gasteiger partial charge in [0.15, 0.2) is 0 Å². The highest BCUT2D eigenvalue weighted by Crippen LogP contribution is 2.38. The molecule has 0 radical (unpaired) electrons. The average molecular weight is 353 g/mol.